The monoisotopic (exact) mass is 619 g/mol. The molecule has 0 aliphatic carbocycles. The molecule has 11 nitrogen and oxygen atoms in total. The summed E-state index contributed by atoms with van der Waals surface area (Å²) in [5, 5.41) is 10.4. The molecule has 212 valence electrons. The predicted molar refractivity (Wildman–Crippen MR) is 152 cm³/mol. The van der Waals surface area contributed by atoms with Crippen molar-refractivity contribution in [3.8, 4) is 5.75 Å². The number of anilines is 2. The number of halogens is 1. The lowest BCUT2D eigenvalue weighted by atomic mass is 10.1. The molecule has 4 rings (SSSR count). The largest absolute Gasteiger partial charge is 0.442 e. The minimum atomic E-state index is -3.63. The van der Waals surface area contributed by atoms with Gasteiger partial charge in [-0.25, -0.2) is 9.18 Å². The van der Waals surface area contributed by atoms with Gasteiger partial charge in [0.15, 0.2) is 0 Å². The van der Waals surface area contributed by atoms with E-state index in [2.05, 4.69) is 5.32 Å². The molecule has 2 aliphatic heterocycles. The maximum atomic E-state index is 14.8. The lowest BCUT2D eigenvalue weighted by Gasteiger charge is -2.29. The molecule has 39 heavy (non-hydrogen) atoms. The second kappa shape index (κ2) is 13.1. The van der Waals surface area contributed by atoms with E-state index in [0.29, 0.717) is 22.7 Å². The van der Waals surface area contributed by atoms with Crippen molar-refractivity contribution in [2.75, 3.05) is 47.5 Å². The molecule has 2 aromatic carbocycles. The number of rotatable bonds is 9. The van der Waals surface area contributed by atoms with Gasteiger partial charge in [-0.1, -0.05) is 12.1 Å². The fraction of sp³-hybridized carbons (Fsp3) is 0.391. The summed E-state index contributed by atoms with van der Waals surface area (Å²) in [6.45, 7) is 1.89. The van der Waals surface area contributed by atoms with Crippen LogP contribution < -0.4 is 19.9 Å². The number of ether oxygens (including phenoxy) is 2. The highest BCUT2D eigenvalue weighted by molar-refractivity contribution is 7.99. The zero-order chi connectivity index (χ0) is 28.2. The molecule has 3 atom stereocenters. The van der Waals surface area contributed by atoms with Crippen LogP contribution >= 0.6 is 40.4 Å². The van der Waals surface area contributed by atoms with E-state index in [9.17, 15) is 33.5 Å². The van der Waals surface area contributed by atoms with Gasteiger partial charge >= 0.3 is 6.09 Å². The van der Waals surface area contributed by atoms with Crippen molar-refractivity contribution >= 4 is 63.0 Å². The summed E-state index contributed by atoms with van der Waals surface area (Å²) in [5.74, 6) is 1.82. The number of cyclic esters (lactones) is 1. The van der Waals surface area contributed by atoms with Crippen LogP contribution in [-0.4, -0.2) is 79.9 Å². The number of nitrogens with zero attached hydrogens (tertiary/aromatic N) is 2. The molecule has 16 heteroatoms. The second-order valence-corrected chi connectivity index (χ2v) is 13.6. The third-order valence-corrected chi connectivity index (χ3v) is 10.2. The number of amides is 1. The number of benzene rings is 2. The quantitative estimate of drug-likeness (QED) is 0.207. The highest BCUT2D eigenvalue weighted by Gasteiger charge is 2.42. The molecule has 0 saturated carbocycles. The minimum Gasteiger partial charge on any atom is -0.442 e. The van der Waals surface area contributed by atoms with Crippen LogP contribution in [0.25, 0.3) is 0 Å². The van der Waals surface area contributed by atoms with Gasteiger partial charge in [-0.15, -0.1) is 0 Å². The van der Waals surface area contributed by atoms with Crippen molar-refractivity contribution < 1.29 is 43.0 Å². The van der Waals surface area contributed by atoms with Crippen LogP contribution in [0.2, 0.25) is 0 Å². The minimum absolute atomic E-state index is 0.00139. The van der Waals surface area contributed by atoms with Gasteiger partial charge in [0.05, 0.1) is 24.5 Å². The molecule has 2 unspecified atom stereocenters. The third-order valence-electron chi connectivity index (χ3n) is 6.20. The normalized spacial score (nSPS) is 19.9. The van der Waals surface area contributed by atoms with Gasteiger partial charge in [0, 0.05) is 31.0 Å². The van der Waals surface area contributed by atoms with Gasteiger partial charge in [0.1, 0.15) is 17.7 Å². The van der Waals surface area contributed by atoms with E-state index in [0.717, 1.165) is 24.6 Å². The first-order chi connectivity index (χ1) is 18.6. The fourth-order valence-electron chi connectivity index (χ4n) is 4.10. The van der Waals surface area contributed by atoms with Gasteiger partial charge in [-0.2, -0.15) is 11.8 Å². The number of thioether (sulfide) groups is 1. The van der Waals surface area contributed by atoms with Crippen LogP contribution in [0.5, 0.6) is 5.75 Å². The lowest BCUT2D eigenvalue weighted by Crippen LogP contribution is -2.36. The molecule has 2 aliphatic rings. The number of aliphatic hydroxyl groups is 1. The van der Waals surface area contributed by atoms with Crippen LogP contribution in [0.3, 0.4) is 0 Å². The average molecular weight is 620 g/mol. The van der Waals surface area contributed by atoms with E-state index in [1.807, 2.05) is 16.7 Å². The molecule has 0 bridgehead atoms. The molecule has 1 amide bonds. The summed E-state index contributed by atoms with van der Waals surface area (Å²) in [7, 11) is -6.69. The van der Waals surface area contributed by atoms with E-state index >= 15 is 0 Å². The van der Waals surface area contributed by atoms with Gasteiger partial charge in [0.25, 0.3) is 5.17 Å². The average Bonchev–Trinajstić information content (AvgIpc) is 3.29. The number of carbonyl (C=O) groups excluding carboxylic acids is 1. The van der Waals surface area contributed by atoms with Crippen LogP contribution in [0.15, 0.2) is 42.5 Å². The van der Waals surface area contributed by atoms with E-state index in [1.165, 1.54) is 35.2 Å². The lowest BCUT2D eigenvalue weighted by molar-refractivity contribution is 0.142. The Labute approximate surface area is 235 Å². The van der Waals surface area contributed by atoms with Gasteiger partial charge in [0.2, 0.25) is 21.5 Å². The Morgan fingerprint density at radius 3 is 2.56 bits per heavy atom. The topological polar surface area (TPSA) is 152 Å². The summed E-state index contributed by atoms with van der Waals surface area (Å²) in [6, 6.07) is 10.7. The van der Waals surface area contributed by atoms with E-state index in [4.69, 9.17) is 21.7 Å². The second-order valence-electron chi connectivity index (χ2n) is 8.85. The van der Waals surface area contributed by atoms with Gasteiger partial charge in [-0.05, 0) is 48.1 Å². The molecule has 2 aromatic rings. The Kier molecular flexibility index (Phi) is 10.1. The number of hydrogen-bond donors (Lipinski definition) is 5. The number of nitrogens with one attached hydrogen (secondary N) is 1. The van der Waals surface area contributed by atoms with Crippen LogP contribution in [0, 0.1) is 5.82 Å². The molecular weight excluding hydrogens is 591 g/mol. The molecule has 0 radical (unpaired) electrons. The summed E-state index contributed by atoms with van der Waals surface area (Å²) in [6.07, 6.45) is -1.59. The maximum absolute atomic E-state index is 14.8. The molecule has 2 fully saturated rings. The Bertz CT molecular complexity index is 1220. The van der Waals surface area contributed by atoms with Crippen molar-refractivity contribution in [1.29, 1.82) is 0 Å². The summed E-state index contributed by atoms with van der Waals surface area (Å²) in [5.41, 5.74) is 1.30. The first-order valence-corrected chi connectivity index (χ1v) is 16.0. The fourth-order valence-corrected chi connectivity index (χ4v) is 6.54. The molecule has 0 spiro atoms. The zero-order valence-corrected chi connectivity index (χ0v) is 24.1. The SMILES string of the molecule is O=C1O[C@@H](CNC(=S)Oc2ccc(CC(O)(P(O)O)[PH](=O)O)cc2)CN1c1ccc(N2CCSCC2)c(F)c1. The predicted octanol–water partition coefficient (Wildman–Crippen LogP) is 2.61. The molecule has 5 N–H and O–H groups in total. The van der Waals surface area contributed by atoms with Crippen LogP contribution in [0.4, 0.5) is 20.6 Å². The summed E-state index contributed by atoms with van der Waals surface area (Å²) < 4.78 is 37.1. The first kappa shape index (κ1) is 30.0. The van der Waals surface area contributed by atoms with E-state index in [1.54, 1.807) is 12.1 Å². The van der Waals surface area contributed by atoms with Crippen LogP contribution in [0.1, 0.15) is 5.56 Å². The van der Waals surface area contributed by atoms with Crippen molar-refractivity contribution in [1.82, 2.24) is 5.32 Å². The zero-order valence-electron chi connectivity index (χ0n) is 20.5. The van der Waals surface area contributed by atoms with Gasteiger partial charge < -0.3 is 39.5 Å². The van der Waals surface area contributed by atoms with Crippen molar-refractivity contribution in [2.24, 2.45) is 0 Å². The highest BCUT2D eigenvalue weighted by atomic mass is 32.2. The molecular formula is C23H28FN3O8P2S2. The molecule has 2 saturated heterocycles. The Morgan fingerprint density at radius 2 is 1.95 bits per heavy atom. The van der Waals surface area contributed by atoms with Crippen molar-refractivity contribution in [3.63, 3.8) is 0 Å². The number of carbonyl (C=O) groups is 1. The van der Waals surface area contributed by atoms with Crippen molar-refractivity contribution in [2.45, 2.75) is 17.6 Å². The molecule has 2 heterocycles. The Morgan fingerprint density at radius 1 is 1.26 bits per heavy atom. The van der Waals surface area contributed by atoms with Crippen LogP contribution in [-0.2, 0) is 15.7 Å². The Hall–Kier alpha value is -2.02. The first-order valence-electron chi connectivity index (χ1n) is 11.9. The highest BCUT2D eigenvalue weighted by Crippen LogP contribution is 2.55. The van der Waals surface area contributed by atoms with Crippen molar-refractivity contribution in [3.05, 3.63) is 53.8 Å². The standard InChI is InChI=1S/C23H28FN3O8P2S2/c24-19-11-16(3-6-20(19)26-7-9-39-10-8-26)27-14-18(35-22(27)28)13-25-21(38)34-17-4-1-15(2-5-17)12-23(29,36(30)31)37(32)33/h1-6,11,18,29-31,37H,7-10,12-14H2,(H,25,38)(H,32,33)/t18-,23?/m0/s1. The number of thiocarbonyl (C=S) groups is 1. The van der Waals surface area contributed by atoms with E-state index < -0.39 is 45.9 Å². The Balaban J connectivity index is 1.27. The number of hydrogen-bond acceptors (Lipinski definition) is 10. The smallest absolute Gasteiger partial charge is 0.414 e. The summed E-state index contributed by atoms with van der Waals surface area (Å²) in [4.78, 5) is 43.7. The van der Waals surface area contributed by atoms with Gasteiger partial charge in [-0.3, -0.25) is 9.46 Å². The maximum Gasteiger partial charge on any atom is 0.414 e. The molecule has 0 aromatic heterocycles. The van der Waals surface area contributed by atoms with E-state index in [-0.39, 0.29) is 18.3 Å². The third kappa shape index (κ3) is 7.39. The summed E-state index contributed by atoms with van der Waals surface area (Å²) >= 11 is 7.03.